The molecule has 1 aromatic rings. The Labute approximate surface area is 162 Å². The smallest absolute Gasteiger partial charge is 0.160 e. The first-order valence-electron chi connectivity index (χ1n) is 10.3. The summed E-state index contributed by atoms with van der Waals surface area (Å²) < 4.78 is 25.9. The van der Waals surface area contributed by atoms with E-state index in [0.717, 1.165) is 63.7 Å². The standard InChI is InChI=1S/C23H30FNO2/c1-2-3-4-5-6-17-15-26-23(27-16-17)19-9-7-18(8-10-19)20-11-12-21(14-25)22(24)13-20/h3-4,11-13,17-19,23H,2,5-10,15-16H2,1H3/b4-3+/t17-,18?,19?,23-. The van der Waals surface area contributed by atoms with Crippen molar-refractivity contribution >= 4 is 0 Å². The molecule has 2 fully saturated rings. The van der Waals surface area contributed by atoms with Crippen LogP contribution in [0.15, 0.2) is 30.4 Å². The zero-order valence-corrected chi connectivity index (χ0v) is 16.2. The van der Waals surface area contributed by atoms with Crippen molar-refractivity contribution in [3.8, 4) is 6.07 Å². The highest BCUT2D eigenvalue weighted by Crippen LogP contribution is 2.39. The largest absolute Gasteiger partial charge is 0.352 e. The van der Waals surface area contributed by atoms with Crippen molar-refractivity contribution in [2.45, 2.75) is 64.1 Å². The highest BCUT2D eigenvalue weighted by Gasteiger charge is 2.32. The molecule has 4 heteroatoms. The molecule has 1 aromatic carbocycles. The number of ether oxygens (including phenoxy) is 2. The third-order valence-corrected chi connectivity index (χ3v) is 5.88. The van der Waals surface area contributed by atoms with Crippen molar-refractivity contribution in [2.24, 2.45) is 11.8 Å². The molecule has 0 atom stereocenters. The summed E-state index contributed by atoms with van der Waals surface area (Å²) in [6.07, 6.45) is 11.8. The lowest BCUT2D eigenvalue weighted by atomic mass is 9.78. The zero-order valence-electron chi connectivity index (χ0n) is 16.2. The predicted molar refractivity (Wildman–Crippen MR) is 104 cm³/mol. The molecule has 1 aliphatic carbocycles. The van der Waals surface area contributed by atoms with Gasteiger partial charge in [0.05, 0.1) is 18.8 Å². The molecule has 27 heavy (non-hydrogen) atoms. The van der Waals surface area contributed by atoms with Gasteiger partial charge < -0.3 is 9.47 Å². The van der Waals surface area contributed by atoms with Crippen LogP contribution in [0, 0.1) is 29.0 Å². The van der Waals surface area contributed by atoms with E-state index in [4.69, 9.17) is 14.7 Å². The topological polar surface area (TPSA) is 42.2 Å². The normalized spacial score (nSPS) is 28.9. The van der Waals surface area contributed by atoms with Crippen molar-refractivity contribution in [3.63, 3.8) is 0 Å². The Hall–Kier alpha value is -1.70. The Kier molecular flexibility index (Phi) is 7.43. The van der Waals surface area contributed by atoms with E-state index < -0.39 is 5.82 Å². The average molecular weight is 371 g/mol. The molecule has 0 aromatic heterocycles. The number of hydrogen-bond acceptors (Lipinski definition) is 3. The molecule has 146 valence electrons. The van der Waals surface area contributed by atoms with Gasteiger partial charge >= 0.3 is 0 Å². The van der Waals surface area contributed by atoms with Crippen LogP contribution in [0.3, 0.4) is 0 Å². The van der Waals surface area contributed by atoms with Gasteiger partial charge in [-0.25, -0.2) is 4.39 Å². The number of hydrogen-bond donors (Lipinski definition) is 0. The van der Waals surface area contributed by atoms with Crippen LogP contribution < -0.4 is 0 Å². The van der Waals surface area contributed by atoms with Gasteiger partial charge in [0, 0.05) is 11.8 Å². The highest BCUT2D eigenvalue weighted by molar-refractivity contribution is 5.34. The third-order valence-electron chi connectivity index (χ3n) is 5.88. The molecule has 0 amide bonds. The average Bonchev–Trinajstić information content (AvgIpc) is 2.72. The molecule has 3 rings (SSSR count). The van der Waals surface area contributed by atoms with Crippen LogP contribution in [0.5, 0.6) is 0 Å². The Morgan fingerprint density at radius 1 is 1.15 bits per heavy atom. The molecule has 3 nitrogen and oxygen atoms in total. The lowest BCUT2D eigenvalue weighted by Crippen LogP contribution is -2.38. The van der Waals surface area contributed by atoms with Crippen molar-refractivity contribution in [1.29, 1.82) is 5.26 Å². The lowest BCUT2D eigenvalue weighted by molar-refractivity contribution is -0.229. The second-order valence-corrected chi connectivity index (χ2v) is 7.82. The maximum Gasteiger partial charge on any atom is 0.160 e. The molecule has 0 bridgehead atoms. The minimum atomic E-state index is -0.407. The number of allylic oxidation sites excluding steroid dienone is 2. The van der Waals surface area contributed by atoms with Crippen LogP contribution in [0.4, 0.5) is 4.39 Å². The first-order chi connectivity index (χ1) is 13.2. The first kappa shape index (κ1) is 20.0. The van der Waals surface area contributed by atoms with Gasteiger partial charge in [-0.15, -0.1) is 0 Å². The van der Waals surface area contributed by atoms with Gasteiger partial charge in [0.1, 0.15) is 11.9 Å². The number of nitrogens with zero attached hydrogens (tertiary/aromatic N) is 1. The molecular formula is C23H30FNO2. The molecule has 1 saturated carbocycles. The lowest BCUT2D eigenvalue weighted by Gasteiger charge is -2.37. The summed E-state index contributed by atoms with van der Waals surface area (Å²) in [5.41, 5.74) is 1.13. The van der Waals surface area contributed by atoms with Gasteiger partial charge in [0.25, 0.3) is 0 Å². The number of rotatable bonds is 6. The van der Waals surface area contributed by atoms with E-state index in [-0.39, 0.29) is 11.9 Å². The fraction of sp³-hybridized carbons (Fsp3) is 0.609. The molecular weight excluding hydrogens is 341 g/mol. The molecule has 1 aliphatic heterocycles. The van der Waals surface area contributed by atoms with Crippen LogP contribution in [0.25, 0.3) is 0 Å². The minimum Gasteiger partial charge on any atom is -0.352 e. The summed E-state index contributed by atoms with van der Waals surface area (Å²) in [6.45, 7) is 3.75. The second kappa shape index (κ2) is 10.0. The molecule has 2 aliphatic rings. The molecule has 0 unspecified atom stereocenters. The van der Waals surface area contributed by atoms with Crippen LogP contribution in [-0.2, 0) is 9.47 Å². The van der Waals surface area contributed by atoms with Crippen molar-refractivity contribution < 1.29 is 13.9 Å². The first-order valence-corrected chi connectivity index (χ1v) is 10.3. The Morgan fingerprint density at radius 2 is 1.89 bits per heavy atom. The molecule has 1 heterocycles. The minimum absolute atomic E-state index is 0.0777. The van der Waals surface area contributed by atoms with E-state index in [0.29, 0.717) is 17.8 Å². The van der Waals surface area contributed by atoms with Crippen LogP contribution in [-0.4, -0.2) is 19.5 Å². The molecule has 0 N–H and O–H groups in total. The summed E-state index contributed by atoms with van der Waals surface area (Å²) in [5, 5.41) is 8.87. The van der Waals surface area contributed by atoms with Gasteiger partial charge in [-0.2, -0.15) is 5.26 Å². The summed E-state index contributed by atoms with van der Waals surface area (Å²) in [5.74, 6) is 0.896. The van der Waals surface area contributed by atoms with Crippen molar-refractivity contribution in [2.75, 3.05) is 13.2 Å². The Bertz CT molecular complexity index is 665. The monoisotopic (exact) mass is 371 g/mol. The Morgan fingerprint density at radius 3 is 2.52 bits per heavy atom. The third kappa shape index (κ3) is 5.40. The maximum atomic E-state index is 13.9. The maximum absolute atomic E-state index is 13.9. The predicted octanol–water partition coefficient (Wildman–Crippen LogP) is 5.71. The fourth-order valence-electron chi connectivity index (χ4n) is 4.21. The van der Waals surface area contributed by atoms with Gasteiger partial charge in [-0.05, 0) is 68.6 Å². The van der Waals surface area contributed by atoms with Crippen LogP contribution >= 0.6 is 0 Å². The highest BCUT2D eigenvalue weighted by atomic mass is 19.1. The fourth-order valence-corrected chi connectivity index (χ4v) is 4.21. The van der Waals surface area contributed by atoms with E-state index in [2.05, 4.69) is 19.1 Å². The summed E-state index contributed by atoms with van der Waals surface area (Å²) in [4.78, 5) is 0. The van der Waals surface area contributed by atoms with Gasteiger partial charge in [0.2, 0.25) is 0 Å². The van der Waals surface area contributed by atoms with E-state index in [1.165, 1.54) is 6.07 Å². The van der Waals surface area contributed by atoms with E-state index >= 15 is 0 Å². The quantitative estimate of drug-likeness (QED) is 0.602. The van der Waals surface area contributed by atoms with Crippen LogP contribution in [0.2, 0.25) is 0 Å². The van der Waals surface area contributed by atoms with Gasteiger partial charge in [-0.1, -0.05) is 25.1 Å². The number of nitriles is 1. The number of halogens is 1. The Balaban J connectivity index is 1.43. The van der Waals surface area contributed by atoms with Gasteiger partial charge in [0.15, 0.2) is 6.29 Å². The zero-order chi connectivity index (χ0) is 19.1. The summed E-state index contributed by atoms with van der Waals surface area (Å²) >= 11 is 0. The van der Waals surface area contributed by atoms with E-state index in [9.17, 15) is 4.39 Å². The molecule has 1 saturated heterocycles. The molecule has 0 spiro atoms. The number of benzene rings is 1. The SMILES string of the molecule is CC/C=C/CC[C@H]1CO[C@H](C2CCC(c3ccc(C#N)c(F)c3)CC2)OC1. The van der Waals surface area contributed by atoms with Crippen molar-refractivity contribution in [3.05, 3.63) is 47.3 Å². The second-order valence-electron chi connectivity index (χ2n) is 7.82. The van der Waals surface area contributed by atoms with E-state index in [1.807, 2.05) is 12.1 Å². The molecule has 0 radical (unpaired) electrons. The summed E-state index contributed by atoms with van der Waals surface area (Å²) in [7, 11) is 0. The van der Waals surface area contributed by atoms with Gasteiger partial charge in [-0.3, -0.25) is 0 Å². The van der Waals surface area contributed by atoms with Crippen LogP contribution in [0.1, 0.15) is 68.9 Å². The van der Waals surface area contributed by atoms with E-state index in [1.54, 1.807) is 6.07 Å². The summed E-state index contributed by atoms with van der Waals surface area (Å²) in [6, 6.07) is 6.92. The van der Waals surface area contributed by atoms with Crippen molar-refractivity contribution in [1.82, 2.24) is 0 Å².